The summed E-state index contributed by atoms with van der Waals surface area (Å²) in [6.45, 7) is 4.19. The van der Waals surface area contributed by atoms with Crippen molar-refractivity contribution in [3.8, 4) is 0 Å². The lowest BCUT2D eigenvalue weighted by molar-refractivity contribution is 0.305. The first kappa shape index (κ1) is 7.61. The molecule has 2 heterocycles. The monoisotopic (exact) mass is 167 g/mol. The van der Waals surface area contributed by atoms with Gasteiger partial charge in [-0.2, -0.15) is 0 Å². The molecule has 0 radical (unpaired) electrons. The van der Waals surface area contributed by atoms with Gasteiger partial charge in [0.25, 0.3) is 6.01 Å². The van der Waals surface area contributed by atoms with Crippen LogP contribution in [0.5, 0.6) is 0 Å². The Labute approximate surface area is 71.8 Å². The first-order valence-electron chi connectivity index (χ1n) is 4.19. The van der Waals surface area contributed by atoms with E-state index < -0.39 is 0 Å². The third-order valence-electron chi connectivity index (χ3n) is 2.19. The van der Waals surface area contributed by atoms with Crippen molar-refractivity contribution in [3.63, 3.8) is 0 Å². The minimum Gasteiger partial charge on any atom is -0.432 e. The molecule has 0 aromatic carbocycles. The Morgan fingerprint density at radius 3 is 2.67 bits per heavy atom. The van der Waals surface area contributed by atoms with Crippen LogP contribution >= 0.6 is 0 Å². The molecule has 1 fully saturated rings. The quantitative estimate of drug-likeness (QED) is 0.607. The van der Waals surface area contributed by atoms with Crippen molar-refractivity contribution < 1.29 is 4.42 Å². The Balaban J connectivity index is 1.99. The molecule has 0 unspecified atom stereocenters. The number of aromatic nitrogens is 1. The molecule has 0 bridgehead atoms. The summed E-state index contributed by atoms with van der Waals surface area (Å²) in [4.78, 5) is 8.58. The van der Waals surface area contributed by atoms with Gasteiger partial charge in [-0.3, -0.25) is 0 Å². The van der Waals surface area contributed by atoms with Gasteiger partial charge >= 0.3 is 0 Å². The SMILES string of the molecule is CN1CCN(c2ncco2)CC1. The van der Waals surface area contributed by atoms with Crippen molar-refractivity contribution in [1.29, 1.82) is 0 Å². The molecule has 66 valence electrons. The fraction of sp³-hybridized carbons (Fsp3) is 0.625. The van der Waals surface area contributed by atoms with Crippen LogP contribution in [-0.4, -0.2) is 43.1 Å². The van der Waals surface area contributed by atoms with E-state index >= 15 is 0 Å². The van der Waals surface area contributed by atoms with Gasteiger partial charge in [0.1, 0.15) is 6.26 Å². The van der Waals surface area contributed by atoms with Crippen LogP contribution in [0.3, 0.4) is 0 Å². The van der Waals surface area contributed by atoms with E-state index in [1.54, 1.807) is 12.5 Å². The van der Waals surface area contributed by atoms with Crippen molar-refractivity contribution in [2.75, 3.05) is 38.1 Å². The van der Waals surface area contributed by atoms with Gasteiger partial charge in [-0.1, -0.05) is 0 Å². The topological polar surface area (TPSA) is 32.5 Å². The highest BCUT2D eigenvalue weighted by atomic mass is 16.4. The van der Waals surface area contributed by atoms with Crippen molar-refractivity contribution in [2.24, 2.45) is 0 Å². The molecule has 1 aromatic heterocycles. The molecule has 0 saturated carbocycles. The first-order chi connectivity index (χ1) is 5.86. The van der Waals surface area contributed by atoms with Crippen molar-refractivity contribution in [1.82, 2.24) is 9.88 Å². The molecular weight excluding hydrogens is 154 g/mol. The maximum atomic E-state index is 5.20. The number of hydrogen-bond donors (Lipinski definition) is 0. The summed E-state index contributed by atoms with van der Waals surface area (Å²) in [7, 11) is 2.13. The molecule has 0 N–H and O–H groups in total. The van der Waals surface area contributed by atoms with Gasteiger partial charge in [0, 0.05) is 26.2 Å². The largest absolute Gasteiger partial charge is 0.432 e. The van der Waals surface area contributed by atoms with Crippen LogP contribution in [0.15, 0.2) is 16.9 Å². The second-order valence-electron chi connectivity index (χ2n) is 3.11. The lowest BCUT2D eigenvalue weighted by atomic mass is 10.3. The summed E-state index contributed by atoms with van der Waals surface area (Å²) in [5.41, 5.74) is 0. The van der Waals surface area contributed by atoms with Crippen molar-refractivity contribution in [3.05, 3.63) is 12.5 Å². The smallest absolute Gasteiger partial charge is 0.297 e. The zero-order valence-electron chi connectivity index (χ0n) is 7.23. The molecule has 0 aliphatic carbocycles. The van der Waals surface area contributed by atoms with E-state index in [0.717, 1.165) is 32.2 Å². The second-order valence-corrected chi connectivity index (χ2v) is 3.11. The van der Waals surface area contributed by atoms with Gasteiger partial charge in [0.15, 0.2) is 0 Å². The molecule has 1 aliphatic heterocycles. The molecule has 1 aliphatic rings. The molecule has 4 nitrogen and oxygen atoms in total. The summed E-state index contributed by atoms with van der Waals surface area (Å²) in [5.74, 6) is 0. The highest BCUT2D eigenvalue weighted by molar-refractivity contribution is 5.25. The molecule has 12 heavy (non-hydrogen) atoms. The molecule has 1 saturated heterocycles. The standard InChI is InChI=1S/C8H13N3O/c1-10-3-5-11(6-4-10)8-9-2-7-12-8/h2,7H,3-6H2,1H3. The Hall–Kier alpha value is -1.03. The highest BCUT2D eigenvalue weighted by Crippen LogP contribution is 2.11. The van der Waals surface area contributed by atoms with E-state index in [1.807, 2.05) is 0 Å². The fourth-order valence-corrected chi connectivity index (χ4v) is 1.37. The molecule has 1 aromatic rings. The average Bonchev–Trinajstić information content (AvgIpc) is 2.58. The first-order valence-corrected chi connectivity index (χ1v) is 4.19. The Morgan fingerprint density at radius 2 is 2.08 bits per heavy atom. The predicted molar refractivity (Wildman–Crippen MR) is 46.2 cm³/mol. The number of nitrogens with zero attached hydrogens (tertiary/aromatic N) is 3. The summed E-state index contributed by atoms with van der Waals surface area (Å²) >= 11 is 0. The van der Waals surface area contributed by atoms with Gasteiger partial charge in [-0.15, -0.1) is 0 Å². The number of rotatable bonds is 1. The number of likely N-dealkylation sites (N-methyl/N-ethyl adjacent to an activating group) is 1. The van der Waals surface area contributed by atoms with E-state index in [1.165, 1.54) is 0 Å². The fourth-order valence-electron chi connectivity index (χ4n) is 1.37. The summed E-state index contributed by atoms with van der Waals surface area (Å²) in [6, 6.07) is 0.753. The Morgan fingerprint density at radius 1 is 1.33 bits per heavy atom. The van der Waals surface area contributed by atoms with Gasteiger partial charge < -0.3 is 14.2 Å². The Bertz CT molecular complexity index is 226. The molecule has 0 atom stereocenters. The van der Waals surface area contributed by atoms with E-state index in [4.69, 9.17) is 4.42 Å². The predicted octanol–water partition coefficient (Wildman–Crippen LogP) is 0.426. The van der Waals surface area contributed by atoms with Crippen LogP contribution in [0.1, 0.15) is 0 Å². The van der Waals surface area contributed by atoms with Crippen LogP contribution in [0, 0.1) is 0 Å². The molecule has 2 rings (SSSR count). The molecular formula is C8H13N3O. The van der Waals surface area contributed by atoms with Gasteiger partial charge in [0.05, 0.1) is 6.20 Å². The van der Waals surface area contributed by atoms with Gasteiger partial charge in [-0.05, 0) is 7.05 Å². The van der Waals surface area contributed by atoms with Gasteiger partial charge in [0.2, 0.25) is 0 Å². The maximum Gasteiger partial charge on any atom is 0.297 e. The molecule has 0 spiro atoms. The number of hydrogen-bond acceptors (Lipinski definition) is 4. The third kappa shape index (κ3) is 1.43. The minimum atomic E-state index is 0.753. The number of piperazine rings is 1. The number of anilines is 1. The minimum absolute atomic E-state index is 0.753. The zero-order chi connectivity index (χ0) is 8.39. The summed E-state index contributed by atoms with van der Waals surface area (Å²) in [5, 5.41) is 0. The maximum absolute atomic E-state index is 5.20. The zero-order valence-corrected chi connectivity index (χ0v) is 7.23. The van der Waals surface area contributed by atoms with Crippen LogP contribution in [0.2, 0.25) is 0 Å². The van der Waals surface area contributed by atoms with Crippen LogP contribution in [0.4, 0.5) is 6.01 Å². The van der Waals surface area contributed by atoms with E-state index in [9.17, 15) is 0 Å². The van der Waals surface area contributed by atoms with Crippen molar-refractivity contribution >= 4 is 6.01 Å². The number of oxazole rings is 1. The van der Waals surface area contributed by atoms with Crippen molar-refractivity contribution in [2.45, 2.75) is 0 Å². The summed E-state index contributed by atoms with van der Waals surface area (Å²) < 4.78 is 5.20. The van der Waals surface area contributed by atoms with Crippen LogP contribution in [-0.2, 0) is 0 Å². The normalized spacial score (nSPS) is 19.9. The lowest BCUT2D eigenvalue weighted by Gasteiger charge is -2.31. The van der Waals surface area contributed by atoms with E-state index in [2.05, 4.69) is 21.8 Å². The highest BCUT2D eigenvalue weighted by Gasteiger charge is 2.16. The van der Waals surface area contributed by atoms with Gasteiger partial charge in [-0.25, -0.2) is 4.98 Å². The average molecular weight is 167 g/mol. The van der Waals surface area contributed by atoms with E-state index in [0.29, 0.717) is 0 Å². The molecule has 0 amide bonds. The van der Waals surface area contributed by atoms with Crippen LogP contribution in [0.25, 0.3) is 0 Å². The third-order valence-corrected chi connectivity index (χ3v) is 2.19. The Kier molecular flexibility index (Phi) is 1.99. The van der Waals surface area contributed by atoms with E-state index in [-0.39, 0.29) is 0 Å². The lowest BCUT2D eigenvalue weighted by Crippen LogP contribution is -2.44. The second kappa shape index (κ2) is 3.15. The molecule has 4 heteroatoms. The summed E-state index contributed by atoms with van der Waals surface area (Å²) in [6.07, 6.45) is 3.31. The van der Waals surface area contributed by atoms with Crippen LogP contribution < -0.4 is 4.90 Å².